The third-order valence-electron chi connectivity index (χ3n) is 5.49. The lowest BCUT2D eigenvalue weighted by atomic mass is 10.1. The van der Waals surface area contributed by atoms with Crippen LogP contribution in [0.1, 0.15) is 70.6 Å². The Balaban J connectivity index is 2.60. The summed E-state index contributed by atoms with van der Waals surface area (Å²) in [5, 5.41) is 5.62. The highest BCUT2D eigenvalue weighted by Gasteiger charge is 2.30. The first-order valence-electron chi connectivity index (χ1n) is 11.1. The van der Waals surface area contributed by atoms with E-state index in [1.807, 2.05) is 6.08 Å². The molecule has 0 aromatic carbocycles. The first-order valence-corrected chi connectivity index (χ1v) is 12.8. The number of hydrogen-bond acceptors (Lipinski definition) is 4. The molecule has 1 aliphatic rings. The molecule has 30 heavy (non-hydrogen) atoms. The van der Waals surface area contributed by atoms with E-state index in [-0.39, 0.29) is 17.7 Å². The van der Waals surface area contributed by atoms with Gasteiger partial charge in [0.05, 0.1) is 0 Å². The van der Waals surface area contributed by atoms with Crippen molar-refractivity contribution in [2.75, 3.05) is 25.6 Å². The molecule has 1 aliphatic heterocycles. The summed E-state index contributed by atoms with van der Waals surface area (Å²) in [5.41, 5.74) is 0. The van der Waals surface area contributed by atoms with Crippen molar-refractivity contribution in [3.05, 3.63) is 12.7 Å². The number of hydrogen-bond donors (Lipinski definition) is 2. The van der Waals surface area contributed by atoms with Crippen molar-refractivity contribution in [3.63, 3.8) is 0 Å². The van der Waals surface area contributed by atoms with Gasteiger partial charge in [0.15, 0.2) is 0 Å². The van der Waals surface area contributed by atoms with Gasteiger partial charge in [-0.3, -0.25) is 18.6 Å². The van der Waals surface area contributed by atoms with Crippen LogP contribution < -0.4 is 10.6 Å². The van der Waals surface area contributed by atoms with Crippen molar-refractivity contribution in [1.29, 1.82) is 0 Å². The van der Waals surface area contributed by atoms with E-state index in [0.717, 1.165) is 51.4 Å². The van der Waals surface area contributed by atoms with Crippen molar-refractivity contribution >= 4 is 28.5 Å². The van der Waals surface area contributed by atoms with E-state index in [1.165, 1.54) is 4.90 Å². The lowest BCUT2D eigenvalue weighted by Gasteiger charge is -2.29. The zero-order chi connectivity index (χ0) is 22.4. The minimum Gasteiger partial charge on any atom is -0.354 e. The Morgan fingerprint density at radius 1 is 1.27 bits per heavy atom. The number of carbonyl (C=O) groups excluding carboxylic acids is 3. The Morgan fingerprint density at radius 2 is 1.97 bits per heavy atom. The minimum atomic E-state index is -1.06. The van der Waals surface area contributed by atoms with E-state index >= 15 is 0 Å². The zero-order valence-electron chi connectivity index (χ0n) is 18.6. The molecule has 1 fully saturated rings. The lowest BCUT2D eigenvalue weighted by molar-refractivity contribution is -0.140. The van der Waals surface area contributed by atoms with Crippen molar-refractivity contribution in [1.82, 2.24) is 15.5 Å². The fourth-order valence-electron chi connectivity index (χ4n) is 3.57. The van der Waals surface area contributed by atoms with Gasteiger partial charge in [-0.05, 0) is 44.9 Å². The quantitative estimate of drug-likeness (QED) is 0.319. The number of carbonyl (C=O) groups is 3. The number of nitrogens with zero attached hydrogens (tertiary/aromatic N) is 1. The second-order valence-electron chi connectivity index (χ2n) is 8.03. The van der Waals surface area contributed by atoms with Gasteiger partial charge >= 0.3 is 0 Å². The number of nitrogens with one attached hydrogen (secondary N) is 2. The van der Waals surface area contributed by atoms with E-state index in [0.29, 0.717) is 31.6 Å². The molecule has 0 saturated carbocycles. The van der Waals surface area contributed by atoms with Crippen molar-refractivity contribution in [3.8, 4) is 0 Å². The van der Waals surface area contributed by atoms with E-state index in [2.05, 4.69) is 17.2 Å². The van der Waals surface area contributed by atoms with Gasteiger partial charge in [-0.2, -0.15) is 0 Å². The van der Waals surface area contributed by atoms with Crippen molar-refractivity contribution in [2.45, 2.75) is 82.7 Å². The minimum absolute atomic E-state index is 0.0894. The smallest absolute Gasteiger partial charge is 0.243 e. The molecule has 0 aliphatic carbocycles. The lowest BCUT2D eigenvalue weighted by Crippen LogP contribution is -2.53. The van der Waals surface area contributed by atoms with Gasteiger partial charge in [-0.15, -0.1) is 6.58 Å². The fraction of sp³-hybridized carbons (Fsp3) is 0.773. The van der Waals surface area contributed by atoms with Crippen LogP contribution in [0.2, 0.25) is 0 Å². The Kier molecular flexibility index (Phi) is 13.3. The van der Waals surface area contributed by atoms with Crippen LogP contribution in [0.15, 0.2) is 12.7 Å². The van der Waals surface area contributed by atoms with Gasteiger partial charge < -0.3 is 15.5 Å². The van der Waals surface area contributed by atoms with Crippen LogP contribution in [-0.4, -0.2) is 64.5 Å². The highest BCUT2D eigenvalue weighted by atomic mass is 32.2. The van der Waals surface area contributed by atoms with Crippen molar-refractivity contribution in [2.24, 2.45) is 0 Å². The summed E-state index contributed by atoms with van der Waals surface area (Å²) < 4.78 is 11.6. The molecule has 1 heterocycles. The third-order valence-corrected chi connectivity index (χ3v) is 6.30. The molecule has 0 radical (unpaired) electrons. The molecule has 172 valence electrons. The molecule has 1 saturated heterocycles. The first-order chi connectivity index (χ1) is 14.4. The fourth-order valence-corrected chi connectivity index (χ4v) is 4.12. The average molecular weight is 442 g/mol. The predicted octanol–water partition coefficient (Wildman–Crippen LogP) is 2.28. The Bertz CT molecular complexity index is 597. The van der Waals surface area contributed by atoms with Crippen LogP contribution in [0, 0.1) is 0 Å². The molecule has 0 spiro atoms. The van der Waals surface area contributed by atoms with Crippen LogP contribution in [0.3, 0.4) is 0 Å². The van der Waals surface area contributed by atoms with Crippen LogP contribution in [0.25, 0.3) is 0 Å². The molecule has 0 aromatic heterocycles. The molecule has 3 amide bonds. The number of rotatable bonds is 14. The zero-order valence-corrected chi connectivity index (χ0v) is 19.4. The monoisotopic (exact) mass is 441 g/mol. The van der Waals surface area contributed by atoms with E-state index in [4.69, 9.17) is 0 Å². The molecule has 3 atom stereocenters. The second-order valence-corrected chi connectivity index (χ2v) is 9.58. The van der Waals surface area contributed by atoms with Gasteiger partial charge in [0.1, 0.15) is 12.1 Å². The van der Waals surface area contributed by atoms with E-state index in [1.54, 1.807) is 13.3 Å². The Labute approximate surface area is 183 Å². The highest BCUT2D eigenvalue weighted by Crippen LogP contribution is 2.13. The van der Waals surface area contributed by atoms with Gasteiger partial charge in [0.2, 0.25) is 17.7 Å². The maximum Gasteiger partial charge on any atom is 0.243 e. The maximum absolute atomic E-state index is 12.9. The van der Waals surface area contributed by atoms with Crippen LogP contribution in [0.5, 0.6) is 0 Å². The predicted molar refractivity (Wildman–Crippen MR) is 121 cm³/mol. The van der Waals surface area contributed by atoms with Gasteiger partial charge in [-0.1, -0.05) is 25.3 Å². The molecular formula is C22H39N3O4S. The maximum atomic E-state index is 12.9. The normalized spacial score (nSPS) is 18.6. The summed E-state index contributed by atoms with van der Waals surface area (Å²) in [4.78, 5) is 39.2. The molecule has 1 unspecified atom stereocenters. The summed E-state index contributed by atoms with van der Waals surface area (Å²) in [7, 11) is 0.563. The molecule has 0 bridgehead atoms. The highest BCUT2D eigenvalue weighted by molar-refractivity contribution is 7.84. The average Bonchev–Trinajstić information content (AvgIpc) is 2.91. The van der Waals surface area contributed by atoms with E-state index in [9.17, 15) is 18.6 Å². The topological polar surface area (TPSA) is 95.6 Å². The Hall–Kier alpha value is -1.70. The number of unbranched alkanes of at least 4 members (excludes halogenated alkanes) is 5. The van der Waals surface area contributed by atoms with Crippen molar-refractivity contribution < 1.29 is 18.6 Å². The molecule has 1 rings (SSSR count). The SMILES string of the molecule is C=CCCCCCCCC(=O)N(C)[C@@H](CCS(C)=O)C(=O)N[C@H]1CCCCNC1=O. The standard InChI is InChI=1S/C22H39N3O4S/c1-4-5-6-7-8-9-10-14-20(26)25(2)19(15-17-30(3)29)22(28)24-18-13-11-12-16-23-21(18)27/h4,18-19H,1,5-17H2,2-3H3,(H,23,27)(H,24,28)/t18-,19-,30?/m0/s1. The second kappa shape index (κ2) is 15.2. The third kappa shape index (κ3) is 10.4. The summed E-state index contributed by atoms with van der Waals surface area (Å²) in [5.74, 6) is -0.282. The number of allylic oxidation sites excluding steroid dienone is 1. The summed E-state index contributed by atoms with van der Waals surface area (Å²) in [6, 6.07) is -1.29. The molecule has 7 nitrogen and oxygen atoms in total. The van der Waals surface area contributed by atoms with Gasteiger partial charge in [0.25, 0.3) is 0 Å². The van der Waals surface area contributed by atoms with Crippen LogP contribution >= 0.6 is 0 Å². The Morgan fingerprint density at radius 3 is 2.67 bits per heavy atom. The summed E-state index contributed by atoms with van der Waals surface area (Å²) >= 11 is 0. The number of amides is 3. The number of likely N-dealkylation sites (N-methyl/N-ethyl adjacent to an activating group) is 1. The van der Waals surface area contributed by atoms with Crippen LogP contribution in [0.4, 0.5) is 0 Å². The first kappa shape index (κ1) is 26.3. The molecular weight excluding hydrogens is 402 g/mol. The molecule has 8 heteroatoms. The largest absolute Gasteiger partial charge is 0.354 e. The molecule has 0 aromatic rings. The molecule has 2 N–H and O–H groups in total. The summed E-state index contributed by atoms with van der Waals surface area (Å²) in [6.45, 7) is 4.34. The van der Waals surface area contributed by atoms with Gasteiger partial charge in [-0.25, -0.2) is 0 Å². The van der Waals surface area contributed by atoms with Crippen LogP contribution in [-0.2, 0) is 25.2 Å². The van der Waals surface area contributed by atoms with E-state index < -0.39 is 22.9 Å². The van der Waals surface area contributed by atoms with Gasteiger partial charge in [0, 0.05) is 42.8 Å². The summed E-state index contributed by atoms with van der Waals surface area (Å²) in [6.07, 6.45) is 12.7.